The number of unbranched alkanes of at least 4 members (excludes halogenated alkanes) is 1. The molecule has 0 bridgehead atoms. The summed E-state index contributed by atoms with van der Waals surface area (Å²) in [6.45, 7) is 2.41. The van der Waals surface area contributed by atoms with Crippen molar-refractivity contribution in [3.8, 4) is 11.4 Å². The van der Waals surface area contributed by atoms with Gasteiger partial charge in [-0.25, -0.2) is 19.2 Å². The number of thioether (sulfide) groups is 1. The molecule has 0 aliphatic carbocycles. The van der Waals surface area contributed by atoms with Crippen molar-refractivity contribution in [3.63, 3.8) is 0 Å². The Kier molecular flexibility index (Phi) is 8.05. The number of carbonyl (C=O) groups is 2. The molecule has 0 saturated carbocycles. The Balaban J connectivity index is 1.45. The first kappa shape index (κ1) is 24.3. The molecular weight excluding hydrogens is 465 g/mol. The van der Waals surface area contributed by atoms with E-state index < -0.39 is 5.82 Å². The maximum Gasteiger partial charge on any atom is 0.338 e. The minimum Gasteiger partial charge on any atom is -0.462 e. The highest BCUT2D eigenvalue weighted by Gasteiger charge is 2.13. The van der Waals surface area contributed by atoms with Crippen LogP contribution in [0.4, 0.5) is 10.1 Å². The largest absolute Gasteiger partial charge is 0.462 e. The predicted molar refractivity (Wildman–Crippen MR) is 136 cm³/mol. The maximum atomic E-state index is 13.9. The van der Waals surface area contributed by atoms with Crippen LogP contribution >= 0.6 is 11.8 Å². The molecule has 0 spiro atoms. The molecule has 0 aliphatic rings. The number of esters is 1. The Labute approximate surface area is 206 Å². The number of carbonyl (C=O) groups excluding carboxylic acids is 2. The molecule has 1 aromatic heterocycles. The zero-order valence-corrected chi connectivity index (χ0v) is 20.0. The Morgan fingerprint density at radius 2 is 1.77 bits per heavy atom. The monoisotopic (exact) mass is 489 g/mol. The fraction of sp³-hybridized carbons (Fsp3) is 0.185. The second-order valence-corrected chi connectivity index (χ2v) is 8.75. The summed E-state index contributed by atoms with van der Waals surface area (Å²) >= 11 is 1.21. The smallest absolute Gasteiger partial charge is 0.338 e. The number of halogens is 1. The van der Waals surface area contributed by atoms with Crippen LogP contribution in [0.15, 0.2) is 77.8 Å². The van der Waals surface area contributed by atoms with Crippen LogP contribution in [-0.4, -0.2) is 34.2 Å². The highest BCUT2D eigenvalue weighted by molar-refractivity contribution is 8.00. The Hall–Kier alpha value is -3.78. The number of anilines is 1. The molecule has 0 unspecified atom stereocenters. The number of nitrogens with zero attached hydrogens (tertiary/aromatic N) is 2. The number of benzene rings is 3. The van der Waals surface area contributed by atoms with Crippen molar-refractivity contribution in [2.24, 2.45) is 0 Å². The molecule has 6 nitrogen and oxygen atoms in total. The molecule has 1 heterocycles. The normalized spacial score (nSPS) is 10.8. The molecule has 1 N–H and O–H groups in total. The summed E-state index contributed by atoms with van der Waals surface area (Å²) in [6, 6.07) is 20.4. The van der Waals surface area contributed by atoms with E-state index in [1.165, 1.54) is 23.9 Å². The van der Waals surface area contributed by atoms with Crippen LogP contribution in [0.3, 0.4) is 0 Å². The van der Waals surface area contributed by atoms with Crippen LogP contribution in [-0.2, 0) is 9.53 Å². The highest BCUT2D eigenvalue weighted by atomic mass is 32.2. The van der Waals surface area contributed by atoms with Gasteiger partial charge in [0.15, 0.2) is 5.82 Å². The standard InChI is InChI=1S/C27H24FN3O3S/c1-2-3-15-34-27(33)19-9-12-21(13-10-19)29-24(32)17-35-26-22-16-20(28)11-14-23(22)30-25(31-26)18-7-5-4-6-8-18/h4-14,16H,2-3,15,17H2,1H3,(H,29,32). The van der Waals surface area contributed by atoms with E-state index in [9.17, 15) is 14.0 Å². The van der Waals surface area contributed by atoms with E-state index in [1.54, 1.807) is 30.3 Å². The number of hydrogen-bond acceptors (Lipinski definition) is 6. The second-order valence-electron chi connectivity index (χ2n) is 7.78. The van der Waals surface area contributed by atoms with E-state index in [1.807, 2.05) is 37.3 Å². The molecule has 0 radical (unpaired) electrons. The fourth-order valence-corrected chi connectivity index (χ4v) is 4.12. The zero-order chi connectivity index (χ0) is 24.6. The van der Waals surface area contributed by atoms with Crippen LogP contribution < -0.4 is 5.32 Å². The van der Waals surface area contributed by atoms with Crippen molar-refractivity contribution >= 4 is 40.2 Å². The van der Waals surface area contributed by atoms with Crippen LogP contribution in [0, 0.1) is 5.82 Å². The molecule has 4 aromatic rings. The van der Waals surface area contributed by atoms with Gasteiger partial charge in [-0.3, -0.25) is 4.79 Å². The fourth-order valence-electron chi connectivity index (χ4n) is 3.31. The third kappa shape index (κ3) is 6.42. The van der Waals surface area contributed by atoms with Gasteiger partial charge < -0.3 is 10.1 Å². The third-order valence-electron chi connectivity index (χ3n) is 5.13. The summed E-state index contributed by atoms with van der Waals surface area (Å²) in [6.07, 6.45) is 1.77. The average molecular weight is 490 g/mol. The van der Waals surface area contributed by atoms with Gasteiger partial charge in [0.1, 0.15) is 10.8 Å². The van der Waals surface area contributed by atoms with Gasteiger partial charge in [-0.05, 0) is 48.9 Å². The molecule has 178 valence electrons. The van der Waals surface area contributed by atoms with Gasteiger partial charge >= 0.3 is 5.97 Å². The molecule has 3 aromatic carbocycles. The third-order valence-corrected chi connectivity index (χ3v) is 6.12. The summed E-state index contributed by atoms with van der Waals surface area (Å²) in [5.41, 5.74) is 2.42. The maximum absolute atomic E-state index is 13.9. The lowest BCUT2D eigenvalue weighted by Crippen LogP contribution is -2.14. The first-order valence-corrected chi connectivity index (χ1v) is 12.2. The number of amides is 1. The Morgan fingerprint density at radius 3 is 2.51 bits per heavy atom. The van der Waals surface area contributed by atoms with Crippen molar-refractivity contribution < 1.29 is 18.7 Å². The molecule has 4 rings (SSSR count). The van der Waals surface area contributed by atoms with Crippen LogP contribution in [0.1, 0.15) is 30.1 Å². The number of hydrogen-bond donors (Lipinski definition) is 1. The average Bonchev–Trinajstić information content (AvgIpc) is 2.88. The van der Waals surface area contributed by atoms with Crippen molar-refractivity contribution in [2.75, 3.05) is 17.7 Å². The van der Waals surface area contributed by atoms with Crippen molar-refractivity contribution in [1.29, 1.82) is 0 Å². The van der Waals surface area contributed by atoms with Crippen LogP contribution in [0.2, 0.25) is 0 Å². The second kappa shape index (κ2) is 11.6. The van der Waals surface area contributed by atoms with Gasteiger partial charge in [0.05, 0.1) is 23.4 Å². The van der Waals surface area contributed by atoms with Gasteiger partial charge in [-0.2, -0.15) is 0 Å². The summed E-state index contributed by atoms with van der Waals surface area (Å²) in [5.74, 6) is -0.457. The number of ether oxygens (including phenoxy) is 1. The van der Waals surface area contributed by atoms with E-state index in [-0.39, 0.29) is 17.6 Å². The van der Waals surface area contributed by atoms with E-state index in [2.05, 4.69) is 15.3 Å². The minimum atomic E-state index is -0.395. The Morgan fingerprint density at radius 1 is 1.00 bits per heavy atom. The first-order valence-electron chi connectivity index (χ1n) is 11.3. The van der Waals surface area contributed by atoms with E-state index >= 15 is 0 Å². The van der Waals surface area contributed by atoms with Crippen LogP contribution in [0.5, 0.6) is 0 Å². The van der Waals surface area contributed by atoms with Gasteiger partial charge in [-0.15, -0.1) is 0 Å². The molecule has 0 aliphatic heterocycles. The number of aromatic nitrogens is 2. The molecule has 0 saturated heterocycles. The quantitative estimate of drug-likeness (QED) is 0.132. The first-order chi connectivity index (χ1) is 17.0. The summed E-state index contributed by atoms with van der Waals surface area (Å²) in [7, 11) is 0. The number of fused-ring (bicyclic) bond motifs is 1. The molecule has 8 heteroatoms. The van der Waals surface area contributed by atoms with Gasteiger partial charge in [0, 0.05) is 16.6 Å². The molecular formula is C27H24FN3O3S. The molecule has 35 heavy (non-hydrogen) atoms. The lowest BCUT2D eigenvalue weighted by molar-refractivity contribution is -0.113. The summed E-state index contributed by atoms with van der Waals surface area (Å²) in [4.78, 5) is 33.8. The van der Waals surface area contributed by atoms with Gasteiger partial charge in [0.2, 0.25) is 5.91 Å². The van der Waals surface area contributed by atoms with Gasteiger partial charge in [0.25, 0.3) is 0 Å². The molecule has 0 atom stereocenters. The minimum absolute atomic E-state index is 0.0671. The van der Waals surface area contributed by atoms with E-state index in [0.29, 0.717) is 39.6 Å². The highest BCUT2D eigenvalue weighted by Crippen LogP contribution is 2.29. The topological polar surface area (TPSA) is 81.2 Å². The van der Waals surface area contributed by atoms with E-state index in [0.717, 1.165) is 18.4 Å². The van der Waals surface area contributed by atoms with Gasteiger partial charge in [-0.1, -0.05) is 55.4 Å². The lowest BCUT2D eigenvalue weighted by Gasteiger charge is -2.10. The van der Waals surface area contributed by atoms with Crippen molar-refractivity contribution in [1.82, 2.24) is 9.97 Å². The Bertz CT molecular complexity index is 1330. The van der Waals surface area contributed by atoms with Crippen molar-refractivity contribution in [3.05, 3.63) is 84.2 Å². The van der Waals surface area contributed by atoms with Crippen molar-refractivity contribution in [2.45, 2.75) is 24.8 Å². The zero-order valence-electron chi connectivity index (χ0n) is 19.2. The predicted octanol–water partition coefficient (Wildman–Crippen LogP) is 6.12. The van der Waals surface area contributed by atoms with E-state index in [4.69, 9.17) is 4.74 Å². The summed E-state index contributed by atoms with van der Waals surface area (Å²) in [5, 5.41) is 3.88. The molecule has 1 amide bonds. The summed E-state index contributed by atoms with van der Waals surface area (Å²) < 4.78 is 19.1. The number of nitrogens with one attached hydrogen (secondary N) is 1. The lowest BCUT2D eigenvalue weighted by atomic mass is 10.2. The van der Waals surface area contributed by atoms with Crippen LogP contribution in [0.25, 0.3) is 22.3 Å². The SMILES string of the molecule is CCCCOC(=O)c1ccc(NC(=O)CSc2nc(-c3ccccc3)nc3ccc(F)cc23)cc1. The number of rotatable bonds is 9. The molecule has 0 fully saturated rings.